The van der Waals surface area contributed by atoms with Crippen LogP contribution in [0.5, 0.6) is 0 Å². The highest BCUT2D eigenvalue weighted by Crippen LogP contribution is 2.17. The van der Waals surface area contributed by atoms with Crippen molar-refractivity contribution in [1.82, 2.24) is 19.7 Å². The third kappa shape index (κ3) is 4.30. The summed E-state index contributed by atoms with van der Waals surface area (Å²) in [4.78, 5) is 17.4. The number of carbonyl (C=O) groups is 1. The lowest BCUT2D eigenvalue weighted by molar-refractivity contribution is -0.136. The zero-order valence-electron chi connectivity index (χ0n) is 12.8. The van der Waals surface area contributed by atoms with Crippen LogP contribution in [0.4, 0.5) is 0 Å². The number of pyridine rings is 1. The van der Waals surface area contributed by atoms with Gasteiger partial charge in [-0.05, 0) is 24.6 Å². The Morgan fingerprint density at radius 2 is 2.17 bits per heavy atom. The van der Waals surface area contributed by atoms with E-state index in [4.69, 9.17) is 16.7 Å². The molecule has 0 atom stereocenters. The van der Waals surface area contributed by atoms with Crippen molar-refractivity contribution in [2.45, 2.75) is 38.9 Å². The molecule has 6 nitrogen and oxygen atoms in total. The lowest BCUT2D eigenvalue weighted by Gasteiger charge is -2.18. The molecule has 0 amide bonds. The predicted octanol–water partition coefficient (Wildman–Crippen LogP) is 2.35. The lowest BCUT2D eigenvalue weighted by atomic mass is 10.2. The molecule has 122 valence electrons. The molecule has 0 aromatic carbocycles. The van der Waals surface area contributed by atoms with Crippen LogP contribution in [0.1, 0.15) is 29.9 Å². The first-order chi connectivity index (χ1) is 11.1. The second-order valence-corrected chi connectivity index (χ2v) is 6.15. The molecule has 2 aromatic heterocycles. The molecule has 0 fully saturated rings. The van der Waals surface area contributed by atoms with Gasteiger partial charge in [0, 0.05) is 32.6 Å². The fourth-order valence-electron chi connectivity index (χ4n) is 2.85. The topological polar surface area (TPSA) is 71.2 Å². The molecule has 0 aliphatic carbocycles. The molecule has 0 saturated carbocycles. The van der Waals surface area contributed by atoms with Crippen LogP contribution in [0.3, 0.4) is 0 Å². The number of carboxylic acid groups (broad SMARTS) is 1. The van der Waals surface area contributed by atoms with Gasteiger partial charge in [0.05, 0.1) is 23.5 Å². The zero-order chi connectivity index (χ0) is 16.2. The zero-order valence-corrected chi connectivity index (χ0v) is 13.5. The first kappa shape index (κ1) is 16.0. The fraction of sp³-hybridized carbons (Fsp3) is 0.438. The van der Waals surface area contributed by atoms with E-state index in [0.717, 1.165) is 49.7 Å². The molecule has 23 heavy (non-hydrogen) atoms. The summed E-state index contributed by atoms with van der Waals surface area (Å²) >= 11 is 5.95. The van der Waals surface area contributed by atoms with Crippen molar-refractivity contribution >= 4 is 17.6 Å². The van der Waals surface area contributed by atoms with E-state index in [9.17, 15) is 4.79 Å². The van der Waals surface area contributed by atoms with Crippen molar-refractivity contribution in [3.63, 3.8) is 0 Å². The molecule has 2 aromatic rings. The molecule has 0 bridgehead atoms. The van der Waals surface area contributed by atoms with E-state index in [-0.39, 0.29) is 6.42 Å². The van der Waals surface area contributed by atoms with Gasteiger partial charge in [-0.25, -0.2) is 4.98 Å². The summed E-state index contributed by atoms with van der Waals surface area (Å²) in [5.41, 5.74) is 2.94. The van der Waals surface area contributed by atoms with Crippen LogP contribution < -0.4 is 0 Å². The number of halogens is 1. The second kappa shape index (κ2) is 7.10. The average molecular weight is 335 g/mol. The third-order valence-electron chi connectivity index (χ3n) is 3.90. The van der Waals surface area contributed by atoms with Gasteiger partial charge in [0.25, 0.3) is 0 Å². The second-order valence-electron chi connectivity index (χ2n) is 5.76. The Labute approximate surface area is 139 Å². The van der Waals surface area contributed by atoms with Crippen molar-refractivity contribution in [3.05, 3.63) is 46.5 Å². The Kier molecular flexibility index (Phi) is 4.93. The fourth-order valence-corrected chi connectivity index (χ4v) is 3.03. The Balaban J connectivity index is 1.68. The number of hydrogen-bond acceptors (Lipinski definition) is 4. The van der Waals surface area contributed by atoms with Crippen LogP contribution in [0.2, 0.25) is 5.15 Å². The number of rotatable bonds is 5. The molecule has 7 heteroatoms. The molecule has 1 aliphatic rings. The van der Waals surface area contributed by atoms with Crippen molar-refractivity contribution in [1.29, 1.82) is 0 Å². The number of aryl methyl sites for hydroxylation is 2. The molecule has 0 unspecified atom stereocenters. The van der Waals surface area contributed by atoms with E-state index in [1.54, 1.807) is 6.07 Å². The van der Waals surface area contributed by atoms with Gasteiger partial charge in [0.15, 0.2) is 0 Å². The lowest BCUT2D eigenvalue weighted by Crippen LogP contribution is -2.23. The van der Waals surface area contributed by atoms with E-state index in [0.29, 0.717) is 11.6 Å². The minimum Gasteiger partial charge on any atom is -0.481 e. The van der Waals surface area contributed by atoms with Crippen LogP contribution in [0, 0.1) is 0 Å². The predicted molar refractivity (Wildman–Crippen MR) is 86.2 cm³/mol. The summed E-state index contributed by atoms with van der Waals surface area (Å²) < 4.78 is 2.00. The van der Waals surface area contributed by atoms with Crippen molar-refractivity contribution in [3.8, 4) is 0 Å². The van der Waals surface area contributed by atoms with Crippen LogP contribution in [0.15, 0.2) is 24.3 Å². The Morgan fingerprint density at radius 1 is 1.30 bits per heavy atom. The maximum absolute atomic E-state index is 10.7. The SMILES string of the molecule is O=C(O)CCc1cc2n(n1)CCCN(Cc1cccc(Cl)n1)C2. The van der Waals surface area contributed by atoms with E-state index in [2.05, 4.69) is 15.0 Å². The molecule has 1 aliphatic heterocycles. The highest BCUT2D eigenvalue weighted by molar-refractivity contribution is 6.29. The molecule has 0 saturated heterocycles. The number of aromatic nitrogens is 3. The third-order valence-corrected chi connectivity index (χ3v) is 4.11. The van der Waals surface area contributed by atoms with Crippen LogP contribution in [-0.2, 0) is 30.8 Å². The average Bonchev–Trinajstić information content (AvgIpc) is 2.78. The molecule has 3 heterocycles. The van der Waals surface area contributed by atoms with Crippen LogP contribution in [-0.4, -0.2) is 37.3 Å². The van der Waals surface area contributed by atoms with Gasteiger partial charge in [-0.3, -0.25) is 14.4 Å². The highest BCUT2D eigenvalue weighted by atomic mass is 35.5. The summed E-state index contributed by atoms with van der Waals surface area (Å²) in [6, 6.07) is 7.69. The molecular formula is C16H19ClN4O2. The Hall–Kier alpha value is -1.92. The van der Waals surface area contributed by atoms with Gasteiger partial charge < -0.3 is 5.11 Å². The number of fused-ring (bicyclic) bond motifs is 1. The maximum Gasteiger partial charge on any atom is 0.303 e. The van der Waals surface area contributed by atoms with Crippen molar-refractivity contribution in [2.75, 3.05) is 6.54 Å². The smallest absolute Gasteiger partial charge is 0.303 e. The minimum absolute atomic E-state index is 0.118. The van der Waals surface area contributed by atoms with Gasteiger partial charge >= 0.3 is 5.97 Å². The van der Waals surface area contributed by atoms with Gasteiger partial charge in [-0.2, -0.15) is 5.10 Å². The molecule has 0 spiro atoms. The summed E-state index contributed by atoms with van der Waals surface area (Å²) in [5, 5.41) is 13.8. The van der Waals surface area contributed by atoms with Crippen molar-refractivity contribution < 1.29 is 9.90 Å². The number of carboxylic acids is 1. The molecule has 0 radical (unpaired) electrons. The van der Waals surface area contributed by atoms with E-state index < -0.39 is 5.97 Å². The first-order valence-electron chi connectivity index (χ1n) is 7.71. The highest BCUT2D eigenvalue weighted by Gasteiger charge is 2.17. The van der Waals surface area contributed by atoms with E-state index >= 15 is 0 Å². The van der Waals surface area contributed by atoms with Crippen molar-refractivity contribution in [2.24, 2.45) is 0 Å². The van der Waals surface area contributed by atoms with Gasteiger partial charge in [-0.15, -0.1) is 0 Å². The molecule has 3 rings (SSSR count). The van der Waals surface area contributed by atoms with Crippen LogP contribution in [0.25, 0.3) is 0 Å². The largest absolute Gasteiger partial charge is 0.481 e. The van der Waals surface area contributed by atoms with E-state index in [1.807, 2.05) is 22.9 Å². The van der Waals surface area contributed by atoms with E-state index in [1.165, 1.54) is 0 Å². The van der Waals surface area contributed by atoms with Gasteiger partial charge in [-0.1, -0.05) is 17.7 Å². The van der Waals surface area contributed by atoms with Gasteiger partial charge in [0.2, 0.25) is 0 Å². The molecular weight excluding hydrogens is 316 g/mol. The maximum atomic E-state index is 10.7. The van der Waals surface area contributed by atoms with Crippen LogP contribution >= 0.6 is 11.6 Å². The standard InChI is InChI=1S/C16H19ClN4O2/c17-15-4-1-3-13(18-15)10-20-7-2-8-21-14(11-20)9-12(19-21)5-6-16(22)23/h1,3-4,9H,2,5-8,10-11H2,(H,22,23). The Bertz CT molecular complexity index is 701. The summed E-state index contributed by atoms with van der Waals surface area (Å²) in [6.07, 6.45) is 1.60. The first-order valence-corrected chi connectivity index (χ1v) is 8.09. The normalized spacial score (nSPS) is 15.2. The minimum atomic E-state index is -0.790. The van der Waals surface area contributed by atoms with Gasteiger partial charge in [0.1, 0.15) is 5.15 Å². The summed E-state index contributed by atoms with van der Waals surface area (Å²) in [7, 11) is 0. The molecule has 1 N–H and O–H groups in total. The number of nitrogens with zero attached hydrogens (tertiary/aromatic N) is 4. The quantitative estimate of drug-likeness (QED) is 0.850. The Morgan fingerprint density at radius 3 is 2.96 bits per heavy atom. The summed E-state index contributed by atoms with van der Waals surface area (Å²) in [6.45, 7) is 3.37. The summed E-state index contributed by atoms with van der Waals surface area (Å²) in [5.74, 6) is -0.790. The number of hydrogen-bond donors (Lipinski definition) is 1. The monoisotopic (exact) mass is 334 g/mol. The number of aliphatic carboxylic acids is 1.